The second-order valence-corrected chi connectivity index (χ2v) is 14.0. The number of benzene rings is 4. The Kier molecular flexibility index (Phi) is 7.37. The van der Waals surface area contributed by atoms with Gasteiger partial charge in [-0.2, -0.15) is 5.26 Å². The molecule has 2 fully saturated rings. The van der Waals surface area contributed by atoms with Crippen molar-refractivity contribution in [3.63, 3.8) is 0 Å². The van der Waals surface area contributed by atoms with Gasteiger partial charge in [-0.25, -0.2) is 19.9 Å². The van der Waals surface area contributed by atoms with Crippen molar-refractivity contribution in [2.45, 2.75) is 51.4 Å². The summed E-state index contributed by atoms with van der Waals surface area (Å²) in [6.07, 6.45) is 6.79. The van der Waals surface area contributed by atoms with Crippen molar-refractivity contribution in [2.24, 2.45) is 17.8 Å². The number of nitriles is 1. The molecule has 2 aliphatic carbocycles. The Labute approximate surface area is 276 Å². The first kappa shape index (κ1) is 29.2. The Bertz CT molecular complexity index is 2090. The van der Waals surface area contributed by atoms with E-state index in [9.17, 15) is 5.26 Å². The van der Waals surface area contributed by atoms with Crippen molar-refractivity contribution in [1.82, 2.24) is 19.9 Å². The lowest BCUT2D eigenvalue weighted by molar-refractivity contribution is 0.0780. The summed E-state index contributed by atoms with van der Waals surface area (Å²) in [6.45, 7) is 4.91. The van der Waals surface area contributed by atoms with Gasteiger partial charge in [0.15, 0.2) is 17.5 Å². The van der Waals surface area contributed by atoms with Gasteiger partial charge < -0.3 is 0 Å². The Morgan fingerprint density at radius 3 is 1.89 bits per heavy atom. The molecule has 2 aliphatic rings. The van der Waals surface area contributed by atoms with Crippen LogP contribution in [-0.4, -0.2) is 19.9 Å². The third-order valence-electron chi connectivity index (χ3n) is 10.3. The van der Waals surface area contributed by atoms with Crippen LogP contribution < -0.4 is 0 Å². The summed E-state index contributed by atoms with van der Waals surface area (Å²) in [5, 5.41) is 10.3. The minimum atomic E-state index is 0.345. The quantitative estimate of drug-likeness (QED) is 0.194. The molecule has 230 valence electrons. The van der Waals surface area contributed by atoms with Gasteiger partial charge in [0.25, 0.3) is 0 Å². The predicted molar refractivity (Wildman–Crippen MR) is 188 cm³/mol. The van der Waals surface area contributed by atoms with Crippen LogP contribution in [0.3, 0.4) is 0 Å². The fourth-order valence-corrected chi connectivity index (χ4v) is 8.53. The lowest BCUT2D eigenvalue weighted by atomic mass is 9.54. The molecule has 0 radical (unpaired) electrons. The van der Waals surface area contributed by atoms with E-state index in [0.717, 1.165) is 39.8 Å². The number of rotatable bonds is 5. The summed E-state index contributed by atoms with van der Waals surface area (Å²) >= 11 is 0. The summed E-state index contributed by atoms with van der Waals surface area (Å²) in [7, 11) is 0. The highest BCUT2D eigenvalue weighted by molar-refractivity contribution is 5.86. The molecule has 2 bridgehead atoms. The Balaban J connectivity index is 1.11. The van der Waals surface area contributed by atoms with Crippen LogP contribution in [0.25, 0.3) is 56.3 Å². The number of pyridine rings is 1. The number of hydrogen-bond acceptors (Lipinski definition) is 5. The number of hydrogen-bond donors (Lipinski definition) is 0. The second kappa shape index (κ2) is 11.9. The zero-order valence-electron chi connectivity index (χ0n) is 26.9. The molecule has 2 aromatic heterocycles. The van der Waals surface area contributed by atoms with Crippen LogP contribution >= 0.6 is 0 Å². The van der Waals surface area contributed by atoms with Crippen LogP contribution in [0.5, 0.6) is 0 Å². The molecule has 0 saturated heterocycles. The molecule has 2 heterocycles. The van der Waals surface area contributed by atoms with Crippen molar-refractivity contribution >= 4 is 10.9 Å². The van der Waals surface area contributed by atoms with Gasteiger partial charge in [-0.15, -0.1) is 0 Å². The largest absolute Gasteiger partial charge is 0.244 e. The third kappa shape index (κ3) is 5.70. The van der Waals surface area contributed by atoms with Crippen LogP contribution in [0, 0.1) is 29.1 Å². The minimum absolute atomic E-state index is 0.345. The van der Waals surface area contributed by atoms with E-state index in [1.807, 2.05) is 48.5 Å². The molecule has 4 aromatic carbocycles. The Morgan fingerprint density at radius 2 is 1.21 bits per heavy atom. The van der Waals surface area contributed by atoms with E-state index >= 15 is 0 Å². The highest BCUT2D eigenvalue weighted by Gasteiger charge is 2.45. The molecule has 8 rings (SSSR count). The van der Waals surface area contributed by atoms with Gasteiger partial charge >= 0.3 is 0 Å². The maximum absolute atomic E-state index is 9.26. The number of nitrogens with zero attached hydrogens (tertiary/aromatic N) is 5. The molecule has 47 heavy (non-hydrogen) atoms. The zero-order valence-corrected chi connectivity index (χ0v) is 26.9. The van der Waals surface area contributed by atoms with Crippen LogP contribution in [0.1, 0.15) is 57.1 Å². The summed E-state index contributed by atoms with van der Waals surface area (Å²) < 4.78 is 0. The van der Waals surface area contributed by atoms with E-state index in [-0.39, 0.29) is 0 Å². The van der Waals surface area contributed by atoms with E-state index in [1.54, 1.807) is 12.1 Å². The standard InChI is InChI=1S/C42H37N5/c1-27-20-30-21-28(2)24-42(23-27,25-30)36-16-12-31(13-17-36)34-14-18-37-35(22-34)15-19-38(44-37)41-46-39(32-6-4-3-5-7-32)45-40(47-41)33-10-8-29(26-43)9-11-33/h3-19,22,27-28,30H,20-21,23-25H2,1-2H3/t27-,28+,30-,42?. The number of fused-ring (bicyclic) bond motifs is 3. The molecule has 0 N–H and O–H groups in total. The number of aromatic nitrogens is 4. The van der Waals surface area contributed by atoms with E-state index in [2.05, 4.69) is 68.4 Å². The van der Waals surface area contributed by atoms with Crippen LogP contribution in [0.2, 0.25) is 0 Å². The van der Waals surface area contributed by atoms with Crippen LogP contribution in [-0.2, 0) is 5.41 Å². The average Bonchev–Trinajstić information content (AvgIpc) is 3.11. The first-order valence-electron chi connectivity index (χ1n) is 16.8. The smallest absolute Gasteiger partial charge is 0.182 e. The molecule has 1 unspecified atom stereocenters. The lowest BCUT2D eigenvalue weighted by Gasteiger charge is -2.50. The third-order valence-corrected chi connectivity index (χ3v) is 10.3. The van der Waals surface area contributed by atoms with Crippen molar-refractivity contribution in [1.29, 1.82) is 5.26 Å². The molecule has 0 aliphatic heterocycles. The summed E-state index contributed by atoms with van der Waals surface area (Å²) in [4.78, 5) is 19.5. The lowest BCUT2D eigenvalue weighted by Crippen LogP contribution is -2.42. The molecule has 4 atom stereocenters. The average molecular weight is 612 g/mol. The molecule has 6 aromatic rings. The zero-order chi connectivity index (χ0) is 32.0. The van der Waals surface area contributed by atoms with Crippen molar-refractivity contribution in [3.05, 3.63) is 120 Å². The van der Waals surface area contributed by atoms with E-state index in [0.29, 0.717) is 34.1 Å². The van der Waals surface area contributed by atoms with Crippen molar-refractivity contribution in [3.8, 4) is 51.5 Å². The van der Waals surface area contributed by atoms with E-state index in [1.165, 1.54) is 48.8 Å². The molecular formula is C42H37N5. The first-order chi connectivity index (χ1) is 22.9. The highest BCUT2D eigenvalue weighted by Crippen LogP contribution is 2.54. The topological polar surface area (TPSA) is 75.3 Å². The van der Waals surface area contributed by atoms with Crippen LogP contribution in [0.15, 0.2) is 109 Å². The van der Waals surface area contributed by atoms with Crippen LogP contribution in [0.4, 0.5) is 0 Å². The SMILES string of the molecule is C[C@@H]1C[C@@H]2C[C@H](C)CC(c3ccc(-c4ccc5nc(-c6nc(-c7ccccc7)nc(-c7ccc(C#N)cc7)n6)ccc5c4)cc3)(C1)C2. The second-order valence-electron chi connectivity index (χ2n) is 14.0. The summed E-state index contributed by atoms with van der Waals surface area (Å²) in [6, 6.07) is 39.4. The van der Waals surface area contributed by atoms with Gasteiger partial charge in [0, 0.05) is 16.5 Å². The molecule has 0 spiro atoms. The molecular weight excluding hydrogens is 574 g/mol. The molecule has 5 nitrogen and oxygen atoms in total. The Hall–Kier alpha value is -5.21. The minimum Gasteiger partial charge on any atom is -0.244 e. The van der Waals surface area contributed by atoms with Crippen molar-refractivity contribution in [2.75, 3.05) is 0 Å². The van der Waals surface area contributed by atoms with Gasteiger partial charge in [0.1, 0.15) is 5.69 Å². The van der Waals surface area contributed by atoms with Gasteiger partial charge in [0.05, 0.1) is 17.1 Å². The molecule has 0 amide bonds. The van der Waals surface area contributed by atoms with Crippen molar-refractivity contribution < 1.29 is 0 Å². The Morgan fingerprint density at radius 1 is 0.596 bits per heavy atom. The fourth-order valence-electron chi connectivity index (χ4n) is 8.53. The van der Waals surface area contributed by atoms with Gasteiger partial charge in [-0.3, -0.25) is 0 Å². The van der Waals surface area contributed by atoms with Gasteiger partial charge in [-0.05, 0) is 114 Å². The predicted octanol–water partition coefficient (Wildman–Crippen LogP) is 10.1. The van der Waals surface area contributed by atoms with Gasteiger partial charge in [-0.1, -0.05) is 80.6 Å². The fraction of sp³-hybridized carbons (Fsp3) is 0.262. The highest BCUT2D eigenvalue weighted by atomic mass is 15.0. The molecule has 2 saturated carbocycles. The maximum Gasteiger partial charge on any atom is 0.182 e. The first-order valence-corrected chi connectivity index (χ1v) is 16.8. The maximum atomic E-state index is 9.26. The van der Waals surface area contributed by atoms with E-state index in [4.69, 9.17) is 19.9 Å². The summed E-state index contributed by atoms with van der Waals surface area (Å²) in [5.41, 5.74) is 8.19. The van der Waals surface area contributed by atoms with E-state index < -0.39 is 0 Å². The monoisotopic (exact) mass is 611 g/mol. The molecule has 5 heteroatoms. The van der Waals surface area contributed by atoms with Gasteiger partial charge in [0.2, 0.25) is 0 Å². The summed E-state index contributed by atoms with van der Waals surface area (Å²) in [5.74, 6) is 4.13. The normalized spacial score (nSPS) is 22.1.